The smallest absolute Gasteiger partial charge is 0.243 e. The Labute approximate surface area is 156 Å². The molecule has 0 N–H and O–H groups in total. The molecule has 1 amide bonds. The molecule has 5 nitrogen and oxygen atoms in total. The highest BCUT2D eigenvalue weighted by Crippen LogP contribution is 2.35. The predicted molar refractivity (Wildman–Crippen MR) is 100.0 cm³/mol. The van der Waals surface area contributed by atoms with Crippen LogP contribution >= 0.6 is 0 Å². The van der Waals surface area contributed by atoms with Gasteiger partial charge in [0.1, 0.15) is 0 Å². The Bertz CT molecular complexity index is 720. The van der Waals surface area contributed by atoms with Crippen LogP contribution in [0.5, 0.6) is 0 Å². The van der Waals surface area contributed by atoms with E-state index in [1.54, 1.807) is 24.3 Å². The van der Waals surface area contributed by atoms with Gasteiger partial charge in [-0.3, -0.25) is 4.79 Å². The summed E-state index contributed by atoms with van der Waals surface area (Å²) in [5.74, 6) is 1.60. The summed E-state index contributed by atoms with van der Waals surface area (Å²) in [6.45, 7) is 2.71. The van der Waals surface area contributed by atoms with Crippen molar-refractivity contribution in [2.45, 2.75) is 43.4 Å². The van der Waals surface area contributed by atoms with Gasteiger partial charge in [-0.2, -0.15) is 4.31 Å². The molecule has 3 aliphatic heterocycles. The van der Waals surface area contributed by atoms with Gasteiger partial charge in [0.05, 0.1) is 4.90 Å². The standard InChI is InChI=1S/C20H28N2O3S/c23-20(21-14-16-6-7-17(15-21)9-8-16)18-10-12-22(13-11-18)26(24,25)19-4-2-1-3-5-19/h1-5,16-18H,6-15H2. The summed E-state index contributed by atoms with van der Waals surface area (Å²) < 4.78 is 27.0. The van der Waals surface area contributed by atoms with E-state index in [0.29, 0.717) is 42.7 Å². The van der Waals surface area contributed by atoms with Gasteiger partial charge in [-0.05, 0) is 62.5 Å². The molecule has 5 rings (SSSR count). The molecule has 0 unspecified atom stereocenters. The van der Waals surface area contributed by atoms with Gasteiger partial charge in [-0.15, -0.1) is 0 Å². The zero-order valence-electron chi connectivity index (χ0n) is 15.2. The fourth-order valence-corrected chi connectivity index (χ4v) is 6.31. The topological polar surface area (TPSA) is 57.7 Å². The maximum absolute atomic E-state index is 13.0. The molecule has 0 radical (unpaired) electrons. The average molecular weight is 377 g/mol. The summed E-state index contributed by atoms with van der Waals surface area (Å²) in [6.07, 6.45) is 6.34. The van der Waals surface area contributed by atoms with Crippen molar-refractivity contribution in [2.24, 2.45) is 17.8 Å². The van der Waals surface area contributed by atoms with Crippen LogP contribution in [0, 0.1) is 17.8 Å². The molecule has 3 saturated heterocycles. The van der Waals surface area contributed by atoms with E-state index in [1.165, 1.54) is 30.0 Å². The van der Waals surface area contributed by atoms with Crippen LogP contribution in [0.2, 0.25) is 0 Å². The van der Waals surface area contributed by atoms with E-state index < -0.39 is 10.0 Å². The lowest BCUT2D eigenvalue weighted by molar-refractivity contribution is -0.137. The molecule has 4 fully saturated rings. The van der Waals surface area contributed by atoms with Gasteiger partial charge in [-0.25, -0.2) is 8.42 Å². The molecule has 142 valence electrons. The molecular weight excluding hydrogens is 348 g/mol. The van der Waals surface area contributed by atoms with Gasteiger partial charge in [0.2, 0.25) is 15.9 Å². The van der Waals surface area contributed by atoms with Crippen molar-refractivity contribution >= 4 is 15.9 Å². The molecule has 1 aromatic carbocycles. The Morgan fingerprint density at radius 1 is 0.846 bits per heavy atom. The van der Waals surface area contributed by atoms with E-state index in [0.717, 1.165) is 13.1 Å². The first-order valence-electron chi connectivity index (χ1n) is 9.88. The Balaban J connectivity index is 1.38. The minimum Gasteiger partial charge on any atom is -0.342 e. The van der Waals surface area contributed by atoms with Crippen LogP contribution in [0.25, 0.3) is 0 Å². The highest BCUT2D eigenvalue weighted by atomic mass is 32.2. The molecule has 3 heterocycles. The van der Waals surface area contributed by atoms with Gasteiger partial charge >= 0.3 is 0 Å². The molecule has 0 aromatic heterocycles. The Hall–Kier alpha value is -1.40. The summed E-state index contributed by atoms with van der Waals surface area (Å²) in [5, 5.41) is 0. The molecule has 1 saturated carbocycles. The number of sulfonamides is 1. The first kappa shape index (κ1) is 18.0. The third kappa shape index (κ3) is 3.54. The number of hydrogen-bond donors (Lipinski definition) is 0. The second-order valence-electron chi connectivity index (χ2n) is 8.12. The number of amides is 1. The molecule has 4 aliphatic rings. The zero-order valence-corrected chi connectivity index (χ0v) is 16.0. The Morgan fingerprint density at radius 2 is 1.38 bits per heavy atom. The van der Waals surface area contributed by atoms with Crippen molar-refractivity contribution in [3.63, 3.8) is 0 Å². The number of hydrogen-bond acceptors (Lipinski definition) is 3. The number of carbonyl (C=O) groups is 1. The average Bonchev–Trinajstić information content (AvgIpc) is 3.02. The predicted octanol–water partition coefficient (Wildman–Crippen LogP) is 2.74. The summed E-state index contributed by atoms with van der Waals surface area (Å²) in [5.41, 5.74) is 0. The van der Waals surface area contributed by atoms with Crippen molar-refractivity contribution < 1.29 is 13.2 Å². The zero-order chi connectivity index (χ0) is 18.1. The molecule has 1 aromatic rings. The summed E-state index contributed by atoms with van der Waals surface area (Å²) in [6, 6.07) is 8.59. The monoisotopic (exact) mass is 376 g/mol. The van der Waals surface area contributed by atoms with Gasteiger partial charge in [0.25, 0.3) is 0 Å². The second-order valence-corrected chi connectivity index (χ2v) is 10.1. The van der Waals surface area contributed by atoms with E-state index in [9.17, 15) is 13.2 Å². The van der Waals surface area contributed by atoms with E-state index in [-0.39, 0.29) is 11.8 Å². The largest absolute Gasteiger partial charge is 0.342 e. The van der Waals surface area contributed by atoms with Crippen LogP contribution in [0.4, 0.5) is 0 Å². The maximum atomic E-state index is 13.0. The molecule has 2 bridgehead atoms. The van der Waals surface area contributed by atoms with E-state index in [1.807, 2.05) is 6.07 Å². The van der Waals surface area contributed by atoms with Crippen molar-refractivity contribution in [1.29, 1.82) is 0 Å². The minimum atomic E-state index is -3.44. The lowest BCUT2D eigenvalue weighted by Gasteiger charge is -2.34. The van der Waals surface area contributed by atoms with Crippen molar-refractivity contribution in [3.8, 4) is 0 Å². The molecule has 1 aliphatic carbocycles. The normalized spacial score (nSPS) is 28.1. The van der Waals surface area contributed by atoms with E-state index in [2.05, 4.69) is 4.90 Å². The number of carbonyl (C=O) groups excluding carboxylic acids is 1. The van der Waals surface area contributed by atoms with Gasteiger partial charge in [0.15, 0.2) is 0 Å². The number of rotatable bonds is 3. The third-order valence-electron chi connectivity index (χ3n) is 6.42. The van der Waals surface area contributed by atoms with E-state index >= 15 is 0 Å². The molecule has 0 atom stereocenters. The van der Waals surface area contributed by atoms with Crippen LogP contribution < -0.4 is 0 Å². The summed E-state index contributed by atoms with van der Waals surface area (Å²) in [7, 11) is -3.44. The van der Waals surface area contributed by atoms with Crippen LogP contribution in [0.1, 0.15) is 38.5 Å². The maximum Gasteiger partial charge on any atom is 0.243 e. The summed E-state index contributed by atoms with van der Waals surface area (Å²) in [4.78, 5) is 15.4. The van der Waals surface area contributed by atoms with Crippen LogP contribution in [-0.2, 0) is 14.8 Å². The third-order valence-corrected chi connectivity index (χ3v) is 8.33. The molecular formula is C20H28N2O3S. The van der Waals surface area contributed by atoms with Crippen molar-refractivity contribution in [2.75, 3.05) is 26.2 Å². The number of piperidine rings is 1. The van der Waals surface area contributed by atoms with Gasteiger partial charge in [0, 0.05) is 32.1 Å². The molecule has 26 heavy (non-hydrogen) atoms. The highest BCUT2D eigenvalue weighted by molar-refractivity contribution is 7.89. The lowest BCUT2D eigenvalue weighted by Crippen LogP contribution is -2.45. The SMILES string of the molecule is O=C(C1CCN(S(=O)(=O)c2ccccc2)CC1)N1CC2CCC(CC2)C1. The van der Waals surface area contributed by atoms with Gasteiger partial charge in [-0.1, -0.05) is 18.2 Å². The fourth-order valence-electron chi connectivity index (χ4n) is 4.82. The van der Waals surface area contributed by atoms with E-state index in [4.69, 9.17) is 0 Å². The van der Waals surface area contributed by atoms with Crippen molar-refractivity contribution in [3.05, 3.63) is 30.3 Å². The number of nitrogens with zero attached hydrogens (tertiary/aromatic N) is 2. The van der Waals surface area contributed by atoms with Crippen LogP contribution in [0.15, 0.2) is 35.2 Å². The molecule has 6 heteroatoms. The van der Waals surface area contributed by atoms with Crippen LogP contribution in [-0.4, -0.2) is 49.7 Å². The quantitative estimate of drug-likeness (QED) is 0.815. The first-order valence-corrected chi connectivity index (χ1v) is 11.3. The summed E-state index contributed by atoms with van der Waals surface area (Å²) >= 11 is 0. The van der Waals surface area contributed by atoms with Gasteiger partial charge < -0.3 is 4.90 Å². The van der Waals surface area contributed by atoms with Crippen molar-refractivity contribution in [1.82, 2.24) is 9.21 Å². The highest BCUT2D eigenvalue weighted by Gasteiger charge is 2.37. The lowest BCUT2D eigenvalue weighted by atomic mass is 9.84. The number of benzene rings is 1. The fraction of sp³-hybridized carbons (Fsp3) is 0.650. The second kappa shape index (κ2) is 7.31. The first-order chi connectivity index (χ1) is 12.5. The minimum absolute atomic E-state index is 0.0188. The molecule has 0 spiro atoms. The van der Waals surface area contributed by atoms with Crippen LogP contribution in [0.3, 0.4) is 0 Å². The Morgan fingerprint density at radius 3 is 1.92 bits per heavy atom. The number of fused-ring (bicyclic) bond motifs is 4. The Kier molecular flexibility index (Phi) is 5.06.